The molecule has 0 N–H and O–H groups in total. The topological polar surface area (TPSA) is 34.4 Å². The number of carbonyl (C=O) groups is 1. The molecule has 0 aliphatic heterocycles. The molecular formula is C15H10Cl2N2O. The largest absolute Gasteiger partial charge is 0.290 e. The summed E-state index contributed by atoms with van der Waals surface area (Å²) in [5, 5.41) is 0.315. The van der Waals surface area contributed by atoms with Crippen LogP contribution >= 0.6 is 23.2 Å². The van der Waals surface area contributed by atoms with Gasteiger partial charge in [-0.15, -0.1) is 11.6 Å². The number of fused-ring (bicyclic) bond motifs is 1. The van der Waals surface area contributed by atoms with E-state index in [1.54, 1.807) is 22.7 Å². The summed E-state index contributed by atoms with van der Waals surface area (Å²) in [5.74, 6) is 0.204. The van der Waals surface area contributed by atoms with E-state index in [0.29, 0.717) is 22.2 Å². The van der Waals surface area contributed by atoms with Crippen LogP contribution in [0.15, 0.2) is 48.7 Å². The van der Waals surface area contributed by atoms with Crippen molar-refractivity contribution in [3.63, 3.8) is 0 Å². The van der Waals surface area contributed by atoms with Gasteiger partial charge in [-0.25, -0.2) is 4.98 Å². The average molecular weight is 305 g/mol. The molecule has 5 heteroatoms. The highest BCUT2D eigenvalue weighted by Gasteiger charge is 2.18. The molecule has 0 amide bonds. The Morgan fingerprint density at radius 3 is 2.65 bits per heavy atom. The number of aromatic nitrogens is 2. The van der Waals surface area contributed by atoms with Crippen LogP contribution in [0.5, 0.6) is 0 Å². The van der Waals surface area contributed by atoms with Crippen molar-refractivity contribution in [2.75, 3.05) is 0 Å². The molecule has 3 nitrogen and oxygen atoms in total. The normalized spacial score (nSPS) is 10.9. The van der Waals surface area contributed by atoms with E-state index in [0.717, 1.165) is 5.56 Å². The number of rotatable bonds is 3. The number of imidazole rings is 1. The predicted molar refractivity (Wildman–Crippen MR) is 79.6 cm³/mol. The number of nitrogens with zero attached hydrogens (tertiary/aromatic N) is 2. The van der Waals surface area contributed by atoms with E-state index in [1.807, 2.05) is 30.3 Å². The van der Waals surface area contributed by atoms with Gasteiger partial charge in [0.1, 0.15) is 16.5 Å². The summed E-state index contributed by atoms with van der Waals surface area (Å²) in [5.41, 5.74) is 2.37. The lowest BCUT2D eigenvalue weighted by molar-refractivity contribution is 0.103. The summed E-state index contributed by atoms with van der Waals surface area (Å²) in [7, 11) is 0. The average Bonchev–Trinajstić information content (AvgIpc) is 2.84. The zero-order chi connectivity index (χ0) is 14.1. The van der Waals surface area contributed by atoms with Crippen LogP contribution in [0.25, 0.3) is 5.65 Å². The number of alkyl halides is 1. The molecule has 0 bridgehead atoms. The Hall–Kier alpha value is -1.84. The third-order valence-electron chi connectivity index (χ3n) is 3.04. The van der Waals surface area contributed by atoms with Gasteiger partial charge in [0, 0.05) is 17.6 Å². The lowest BCUT2D eigenvalue weighted by atomic mass is 10.1. The lowest BCUT2D eigenvalue weighted by Crippen LogP contribution is -2.02. The minimum absolute atomic E-state index is 0.188. The zero-order valence-corrected chi connectivity index (χ0v) is 11.9. The molecule has 3 aromatic rings. The molecule has 100 valence electrons. The summed E-state index contributed by atoms with van der Waals surface area (Å²) < 4.78 is 1.67. The van der Waals surface area contributed by atoms with Gasteiger partial charge < -0.3 is 0 Å². The van der Waals surface area contributed by atoms with Gasteiger partial charge in [0.15, 0.2) is 0 Å². The molecule has 0 radical (unpaired) electrons. The van der Waals surface area contributed by atoms with E-state index in [9.17, 15) is 4.79 Å². The summed E-state index contributed by atoms with van der Waals surface area (Å²) in [6.45, 7) is 0. The summed E-state index contributed by atoms with van der Waals surface area (Å²) in [6.07, 6.45) is 1.77. The first-order valence-electron chi connectivity index (χ1n) is 6.03. The number of halogens is 2. The Labute approximate surface area is 125 Å². The van der Waals surface area contributed by atoms with Crippen molar-refractivity contribution in [2.45, 2.75) is 5.88 Å². The van der Waals surface area contributed by atoms with Crippen LogP contribution in [-0.4, -0.2) is 15.2 Å². The molecule has 0 saturated heterocycles. The van der Waals surface area contributed by atoms with E-state index in [4.69, 9.17) is 23.2 Å². The maximum absolute atomic E-state index is 12.4. The minimum Gasteiger partial charge on any atom is -0.290 e. The Balaban J connectivity index is 2.12. The molecule has 3 rings (SSSR count). The second-order valence-electron chi connectivity index (χ2n) is 4.34. The highest BCUT2D eigenvalue weighted by Crippen LogP contribution is 2.22. The van der Waals surface area contributed by atoms with Crippen molar-refractivity contribution in [3.8, 4) is 0 Å². The van der Waals surface area contributed by atoms with Gasteiger partial charge in [-0.1, -0.05) is 41.9 Å². The van der Waals surface area contributed by atoms with Crippen LogP contribution < -0.4 is 0 Å². The first-order chi connectivity index (χ1) is 9.70. The predicted octanol–water partition coefficient (Wildman–Crippen LogP) is 3.96. The summed E-state index contributed by atoms with van der Waals surface area (Å²) in [4.78, 5) is 16.7. The fraction of sp³-hybridized carbons (Fsp3) is 0.0667. The number of hydrogen-bond acceptors (Lipinski definition) is 2. The third-order valence-corrected chi connectivity index (χ3v) is 3.71. The van der Waals surface area contributed by atoms with Gasteiger partial charge in [0.25, 0.3) is 0 Å². The van der Waals surface area contributed by atoms with E-state index in [-0.39, 0.29) is 11.5 Å². The summed E-state index contributed by atoms with van der Waals surface area (Å²) in [6, 6.07) is 12.6. The third kappa shape index (κ3) is 2.19. The highest BCUT2D eigenvalue weighted by atomic mass is 35.5. The molecule has 0 unspecified atom stereocenters. The smallest absolute Gasteiger partial charge is 0.214 e. The molecule has 0 spiro atoms. The van der Waals surface area contributed by atoms with E-state index < -0.39 is 0 Å². The molecule has 20 heavy (non-hydrogen) atoms. The van der Waals surface area contributed by atoms with Crippen molar-refractivity contribution < 1.29 is 4.79 Å². The molecule has 0 fully saturated rings. The molecule has 0 atom stereocenters. The van der Waals surface area contributed by atoms with Gasteiger partial charge in [-0.05, 0) is 17.7 Å². The lowest BCUT2D eigenvalue weighted by Gasteiger charge is -1.98. The second kappa shape index (κ2) is 5.27. The van der Waals surface area contributed by atoms with Gasteiger partial charge in [0.05, 0.1) is 0 Å². The Morgan fingerprint density at radius 2 is 1.95 bits per heavy atom. The van der Waals surface area contributed by atoms with Gasteiger partial charge in [-0.3, -0.25) is 9.20 Å². The molecule has 0 aliphatic carbocycles. The van der Waals surface area contributed by atoms with E-state index in [1.165, 1.54) is 0 Å². The number of benzene rings is 1. The first-order valence-corrected chi connectivity index (χ1v) is 6.94. The van der Waals surface area contributed by atoms with Crippen molar-refractivity contribution in [2.24, 2.45) is 0 Å². The molecule has 0 aliphatic rings. The maximum Gasteiger partial charge on any atom is 0.214 e. The number of ketones is 1. The van der Waals surface area contributed by atoms with Crippen molar-refractivity contribution in [1.29, 1.82) is 0 Å². The SMILES string of the molecule is O=C(c1ccccc1)c1nc2cc(CCl)ccn2c1Cl. The molecule has 1 aromatic carbocycles. The Bertz CT molecular complexity index is 781. The highest BCUT2D eigenvalue weighted by molar-refractivity contribution is 6.34. The Kier molecular flexibility index (Phi) is 3.47. The van der Waals surface area contributed by atoms with Gasteiger partial charge >= 0.3 is 0 Å². The van der Waals surface area contributed by atoms with E-state index >= 15 is 0 Å². The van der Waals surface area contributed by atoms with Crippen LogP contribution in [0.1, 0.15) is 21.6 Å². The fourth-order valence-electron chi connectivity index (χ4n) is 2.01. The van der Waals surface area contributed by atoms with Crippen LogP contribution in [0, 0.1) is 0 Å². The first kappa shape index (κ1) is 13.2. The van der Waals surface area contributed by atoms with Crippen LogP contribution in [0.4, 0.5) is 0 Å². The molecule has 2 aromatic heterocycles. The zero-order valence-electron chi connectivity index (χ0n) is 10.4. The van der Waals surface area contributed by atoms with Crippen molar-refractivity contribution in [3.05, 3.63) is 70.6 Å². The standard InChI is InChI=1S/C15H10Cl2N2O/c16-9-10-6-7-19-12(8-10)18-13(15(19)17)14(20)11-4-2-1-3-5-11/h1-8H,9H2. The maximum atomic E-state index is 12.4. The summed E-state index contributed by atoms with van der Waals surface area (Å²) >= 11 is 12.0. The van der Waals surface area contributed by atoms with Crippen LogP contribution in [-0.2, 0) is 5.88 Å². The second-order valence-corrected chi connectivity index (χ2v) is 4.97. The Morgan fingerprint density at radius 1 is 1.20 bits per heavy atom. The van der Waals surface area contributed by atoms with Gasteiger partial charge in [0.2, 0.25) is 5.78 Å². The molecular weight excluding hydrogens is 295 g/mol. The molecule has 0 saturated carbocycles. The van der Waals surface area contributed by atoms with Crippen LogP contribution in [0.2, 0.25) is 5.15 Å². The monoisotopic (exact) mass is 304 g/mol. The minimum atomic E-state index is -0.188. The number of carbonyl (C=O) groups excluding carboxylic acids is 1. The van der Waals surface area contributed by atoms with Crippen molar-refractivity contribution >= 4 is 34.6 Å². The quantitative estimate of drug-likeness (QED) is 0.542. The molecule has 2 heterocycles. The number of hydrogen-bond donors (Lipinski definition) is 0. The van der Waals surface area contributed by atoms with Crippen LogP contribution in [0.3, 0.4) is 0 Å². The fourth-order valence-corrected chi connectivity index (χ4v) is 2.45. The van der Waals surface area contributed by atoms with E-state index in [2.05, 4.69) is 4.98 Å². The van der Waals surface area contributed by atoms with Crippen molar-refractivity contribution in [1.82, 2.24) is 9.38 Å². The number of pyridine rings is 1. The van der Waals surface area contributed by atoms with Gasteiger partial charge in [-0.2, -0.15) is 0 Å².